The number of nitrogens with zero attached hydrogens (tertiary/aromatic N) is 2. The summed E-state index contributed by atoms with van der Waals surface area (Å²) in [6.07, 6.45) is -0.385. The minimum absolute atomic E-state index is 0.00328. The normalized spacial score (nSPS) is 13.1. The maximum absolute atomic E-state index is 12.6. The third-order valence-electron chi connectivity index (χ3n) is 6.00. The number of carboxylic acid groups (broad SMARTS) is 1. The quantitative estimate of drug-likeness (QED) is 0.452. The van der Waals surface area contributed by atoms with E-state index in [9.17, 15) is 19.5 Å². The Balaban J connectivity index is 1.40. The molecule has 1 atom stereocenters. The standard InChI is InChI=1S/C26H28N4O5/c1-15(2)12-22(25(32)33)27-24(31)21-13-23(30(3)29-21)28-26(34)35-14-20-18-10-6-4-8-16(18)17-9-5-7-11-19(17)20/h4-11,13,15,20,22H,12,14H2,1-3H3,(H,27,31)(H,28,34)(H,32,33). The first-order valence-corrected chi connectivity index (χ1v) is 11.4. The number of ether oxygens (including phenoxy) is 1. The van der Waals surface area contributed by atoms with Crippen molar-refractivity contribution in [1.82, 2.24) is 15.1 Å². The summed E-state index contributed by atoms with van der Waals surface area (Å²) < 4.78 is 6.87. The van der Waals surface area contributed by atoms with Crippen molar-refractivity contribution in [3.63, 3.8) is 0 Å². The molecule has 4 rings (SSSR count). The lowest BCUT2D eigenvalue weighted by atomic mass is 9.98. The van der Waals surface area contributed by atoms with Crippen LogP contribution in [0.4, 0.5) is 10.6 Å². The van der Waals surface area contributed by atoms with Crippen LogP contribution in [0.15, 0.2) is 54.6 Å². The molecule has 0 saturated carbocycles. The van der Waals surface area contributed by atoms with Gasteiger partial charge in [0.1, 0.15) is 18.5 Å². The number of amides is 2. The number of carbonyl (C=O) groups excluding carboxylic acids is 2. The van der Waals surface area contributed by atoms with E-state index in [1.165, 1.54) is 10.7 Å². The predicted octanol–water partition coefficient (Wildman–Crippen LogP) is 4.01. The SMILES string of the molecule is CC(C)CC(NC(=O)c1cc(NC(=O)OCC2c3ccccc3-c3ccccc32)n(C)n1)C(=O)O. The van der Waals surface area contributed by atoms with Gasteiger partial charge in [-0.3, -0.25) is 14.8 Å². The highest BCUT2D eigenvalue weighted by Gasteiger charge is 2.29. The molecule has 3 aromatic rings. The van der Waals surface area contributed by atoms with Crippen molar-refractivity contribution in [2.45, 2.75) is 32.2 Å². The van der Waals surface area contributed by atoms with Crippen LogP contribution < -0.4 is 10.6 Å². The Bertz CT molecular complexity index is 1220. The Morgan fingerprint density at radius 1 is 1.06 bits per heavy atom. The number of hydrogen-bond donors (Lipinski definition) is 3. The van der Waals surface area contributed by atoms with Gasteiger partial charge in [-0.2, -0.15) is 5.10 Å². The van der Waals surface area contributed by atoms with Gasteiger partial charge in [0.05, 0.1) is 0 Å². The van der Waals surface area contributed by atoms with E-state index < -0.39 is 24.0 Å². The van der Waals surface area contributed by atoms with Crippen LogP contribution in [-0.4, -0.2) is 45.5 Å². The lowest BCUT2D eigenvalue weighted by molar-refractivity contribution is -0.139. The zero-order chi connectivity index (χ0) is 25.1. The van der Waals surface area contributed by atoms with E-state index in [0.717, 1.165) is 22.3 Å². The van der Waals surface area contributed by atoms with Crippen LogP contribution in [0.1, 0.15) is 47.8 Å². The van der Waals surface area contributed by atoms with Gasteiger partial charge in [0.15, 0.2) is 5.69 Å². The fraction of sp³-hybridized carbons (Fsp3) is 0.308. The highest BCUT2D eigenvalue weighted by molar-refractivity contribution is 5.96. The predicted molar refractivity (Wildman–Crippen MR) is 130 cm³/mol. The summed E-state index contributed by atoms with van der Waals surface area (Å²) in [5.41, 5.74) is 4.48. The molecule has 3 N–H and O–H groups in total. The van der Waals surface area contributed by atoms with E-state index in [1.807, 2.05) is 50.2 Å². The molecule has 1 aliphatic carbocycles. The average molecular weight is 477 g/mol. The molecule has 0 aliphatic heterocycles. The molecule has 1 unspecified atom stereocenters. The number of aromatic nitrogens is 2. The monoisotopic (exact) mass is 476 g/mol. The van der Waals surface area contributed by atoms with Crippen molar-refractivity contribution in [3.8, 4) is 11.1 Å². The Morgan fingerprint density at radius 2 is 1.66 bits per heavy atom. The van der Waals surface area contributed by atoms with E-state index in [1.54, 1.807) is 7.05 Å². The van der Waals surface area contributed by atoms with Gasteiger partial charge in [-0.05, 0) is 34.6 Å². The summed E-state index contributed by atoms with van der Waals surface area (Å²) in [5, 5.41) is 18.5. The minimum atomic E-state index is -1.11. The van der Waals surface area contributed by atoms with Crippen molar-refractivity contribution in [2.75, 3.05) is 11.9 Å². The van der Waals surface area contributed by atoms with Gasteiger partial charge in [0, 0.05) is 19.0 Å². The van der Waals surface area contributed by atoms with E-state index in [4.69, 9.17) is 4.74 Å². The molecule has 182 valence electrons. The molecule has 0 fully saturated rings. The van der Waals surface area contributed by atoms with Gasteiger partial charge in [0.25, 0.3) is 5.91 Å². The molecular formula is C26H28N4O5. The van der Waals surface area contributed by atoms with Gasteiger partial charge >= 0.3 is 12.1 Å². The van der Waals surface area contributed by atoms with Gasteiger partial charge in [-0.1, -0.05) is 62.4 Å². The van der Waals surface area contributed by atoms with Crippen molar-refractivity contribution >= 4 is 23.8 Å². The van der Waals surface area contributed by atoms with Gasteiger partial charge in [-0.25, -0.2) is 9.59 Å². The molecule has 0 bridgehead atoms. The molecule has 9 nitrogen and oxygen atoms in total. The van der Waals surface area contributed by atoms with Crippen LogP contribution in [0.5, 0.6) is 0 Å². The highest BCUT2D eigenvalue weighted by atomic mass is 16.5. The second-order valence-corrected chi connectivity index (χ2v) is 8.98. The summed E-state index contributed by atoms with van der Waals surface area (Å²) in [5.74, 6) is -1.47. The number of nitrogens with one attached hydrogen (secondary N) is 2. The first kappa shape index (κ1) is 24.0. The number of fused-ring (bicyclic) bond motifs is 3. The molecular weight excluding hydrogens is 448 g/mol. The Hall–Kier alpha value is -4.14. The number of rotatable bonds is 8. The molecule has 0 radical (unpaired) electrons. The average Bonchev–Trinajstić information content (AvgIpc) is 3.34. The van der Waals surface area contributed by atoms with Crippen molar-refractivity contribution < 1.29 is 24.2 Å². The molecule has 9 heteroatoms. The van der Waals surface area contributed by atoms with E-state index in [-0.39, 0.29) is 30.0 Å². The topological polar surface area (TPSA) is 123 Å². The van der Waals surface area contributed by atoms with Crippen LogP contribution >= 0.6 is 0 Å². The van der Waals surface area contributed by atoms with E-state index >= 15 is 0 Å². The lowest BCUT2D eigenvalue weighted by Crippen LogP contribution is -2.41. The largest absolute Gasteiger partial charge is 0.480 e. The Labute approximate surface area is 203 Å². The maximum Gasteiger partial charge on any atom is 0.412 e. The molecule has 1 aliphatic rings. The van der Waals surface area contributed by atoms with Gasteiger partial charge in [0.2, 0.25) is 0 Å². The highest BCUT2D eigenvalue weighted by Crippen LogP contribution is 2.44. The summed E-state index contributed by atoms with van der Waals surface area (Å²) in [7, 11) is 1.57. The fourth-order valence-electron chi connectivity index (χ4n) is 4.36. The summed E-state index contributed by atoms with van der Waals surface area (Å²) in [6.45, 7) is 3.90. The Morgan fingerprint density at radius 3 is 2.23 bits per heavy atom. The lowest BCUT2D eigenvalue weighted by Gasteiger charge is -2.15. The number of aliphatic carboxylic acids is 1. The second-order valence-electron chi connectivity index (χ2n) is 8.98. The third kappa shape index (κ3) is 5.18. The number of carboxylic acids is 1. The smallest absolute Gasteiger partial charge is 0.412 e. The molecule has 0 saturated heterocycles. The zero-order valence-electron chi connectivity index (χ0n) is 19.8. The number of hydrogen-bond acceptors (Lipinski definition) is 5. The number of benzene rings is 2. The van der Waals surface area contributed by atoms with Crippen LogP contribution in [-0.2, 0) is 16.6 Å². The van der Waals surface area contributed by atoms with Crippen molar-refractivity contribution in [3.05, 3.63) is 71.4 Å². The minimum Gasteiger partial charge on any atom is -0.480 e. The van der Waals surface area contributed by atoms with Crippen molar-refractivity contribution in [1.29, 1.82) is 0 Å². The second kappa shape index (κ2) is 10.0. The van der Waals surface area contributed by atoms with Crippen LogP contribution in [0, 0.1) is 5.92 Å². The fourth-order valence-corrected chi connectivity index (χ4v) is 4.36. The van der Waals surface area contributed by atoms with E-state index in [2.05, 4.69) is 27.9 Å². The first-order valence-electron chi connectivity index (χ1n) is 11.4. The van der Waals surface area contributed by atoms with Crippen LogP contribution in [0.3, 0.4) is 0 Å². The molecule has 35 heavy (non-hydrogen) atoms. The molecule has 1 heterocycles. The molecule has 2 aromatic carbocycles. The number of aryl methyl sites for hydroxylation is 1. The summed E-state index contributed by atoms with van der Waals surface area (Å²) >= 11 is 0. The third-order valence-corrected chi connectivity index (χ3v) is 6.00. The molecule has 0 spiro atoms. The van der Waals surface area contributed by atoms with Crippen molar-refractivity contribution in [2.24, 2.45) is 13.0 Å². The zero-order valence-corrected chi connectivity index (χ0v) is 19.8. The number of carbonyl (C=O) groups is 3. The molecule has 2 amide bonds. The Kier molecular flexibility index (Phi) is 6.86. The first-order chi connectivity index (χ1) is 16.7. The van der Waals surface area contributed by atoms with Crippen LogP contribution in [0.25, 0.3) is 11.1 Å². The van der Waals surface area contributed by atoms with Gasteiger partial charge < -0.3 is 15.2 Å². The molecule has 1 aromatic heterocycles. The van der Waals surface area contributed by atoms with E-state index in [0.29, 0.717) is 6.42 Å². The van der Waals surface area contributed by atoms with Gasteiger partial charge in [-0.15, -0.1) is 0 Å². The summed E-state index contributed by atoms with van der Waals surface area (Å²) in [6, 6.07) is 16.5. The number of anilines is 1. The summed E-state index contributed by atoms with van der Waals surface area (Å²) in [4.78, 5) is 36.5. The van der Waals surface area contributed by atoms with Crippen LogP contribution in [0.2, 0.25) is 0 Å². The maximum atomic E-state index is 12.6.